The van der Waals surface area contributed by atoms with E-state index in [4.69, 9.17) is 11.6 Å². The largest absolute Gasteiger partial charge is 0.305 e. The molecule has 0 radical (unpaired) electrons. The molecule has 2 aromatic carbocycles. The maximum absolute atomic E-state index is 13.3. The van der Waals surface area contributed by atoms with Gasteiger partial charge in [-0.1, -0.05) is 35.9 Å². The van der Waals surface area contributed by atoms with Crippen LogP contribution in [-0.4, -0.2) is 25.5 Å². The van der Waals surface area contributed by atoms with Gasteiger partial charge in [0.1, 0.15) is 5.82 Å². The molecule has 0 aliphatic heterocycles. The van der Waals surface area contributed by atoms with Crippen LogP contribution in [0, 0.1) is 19.7 Å². The SMILES string of the molecule is Cc1nn(Cc2ccc(C(=O)Nc3ccn(Cc4cccc(F)c4)n3)cc2)c(C)c1Cl. The Morgan fingerprint density at radius 2 is 1.81 bits per heavy atom. The highest BCUT2D eigenvalue weighted by atomic mass is 35.5. The third kappa shape index (κ3) is 4.83. The highest BCUT2D eigenvalue weighted by molar-refractivity contribution is 6.31. The van der Waals surface area contributed by atoms with E-state index in [0.717, 1.165) is 22.5 Å². The van der Waals surface area contributed by atoms with Gasteiger partial charge in [-0.3, -0.25) is 14.2 Å². The second-order valence-electron chi connectivity index (χ2n) is 7.32. The molecule has 1 N–H and O–H groups in total. The summed E-state index contributed by atoms with van der Waals surface area (Å²) in [5.74, 6) is -0.109. The molecule has 1 amide bonds. The Balaban J connectivity index is 1.38. The summed E-state index contributed by atoms with van der Waals surface area (Å²) in [5.41, 5.74) is 4.04. The molecule has 0 unspecified atom stereocenters. The van der Waals surface area contributed by atoms with Gasteiger partial charge in [-0.25, -0.2) is 4.39 Å². The number of nitrogens with one attached hydrogen (secondary N) is 1. The van der Waals surface area contributed by atoms with Gasteiger partial charge in [-0.05, 0) is 49.2 Å². The van der Waals surface area contributed by atoms with Crippen LogP contribution < -0.4 is 5.32 Å². The van der Waals surface area contributed by atoms with Crippen molar-refractivity contribution in [1.29, 1.82) is 0 Å². The van der Waals surface area contributed by atoms with Crippen LogP contribution in [0.4, 0.5) is 10.2 Å². The van der Waals surface area contributed by atoms with Crippen molar-refractivity contribution in [3.63, 3.8) is 0 Å². The summed E-state index contributed by atoms with van der Waals surface area (Å²) in [7, 11) is 0. The van der Waals surface area contributed by atoms with E-state index >= 15 is 0 Å². The van der Waals surface area contributed by atoms with E-state index in [0.29, 0.717) is 29.5 Å². The fourth-order valence-electron chi connectivity index (χ4n) is 3.29. The lowest BCUT2D eigenvalue weighted by molar-refractivity contribution is 0.102. The van der Waals surface area contributed by atoms with Gasteiger partial charge < -0.3 is 5.32 Å². The monoisotopic (exact) mass is 437 g/mol. The van der Waals surface area contributed by atoms with Crippen molar-refractivity contribution in [3.8, 4) is 0 Å². The Hall–Kier alpha value is -3.45. The molecule has 0 saturated heterocycles. The number of hydrogen-bond donors (Lipinski definition) is 1. The number of carbonyl (C=O) groups is 1. The number of aromatic nitrogens is 4. The minimum Gasteiger partial charge on any atom is -0.305 e. The molecular formula is C23H21ClFN5O. The Labute approximate surface area is 184 Å². The van der Waals surface area contributed by atoms with Crippen LogP contribution in [-0.2, 0) is 13.1 Å². The quantitative estimate of drug-likeness (QED) is 0.469. The molecule has 2 aromatic heterocycles. The summed E-state index contributed by atoms with van der Waals surface area (Å²) in [6, 6.07) is 15.4. The molecule has 31 heavy (non-hydrogen) atoms. The average molecular weight is 438 g/mol. The zero-order valence-corrected chi connectivity index (χ0v) is 17.9. The maximum Gasteiger partial charge on any atom is 0.256 e. The van der Waals surface area contributed by atoms with Crippen molar-refractivity contribution in [2.45, 2.75) is 26.9 Å². The van der Waals surface area contributed by atoms with Crippen molar-refractivity contribution in [2.24, 2.45) is 0 Å². The molecule has 0 saturated carbocycles. The number of amides is 1. The molecule has 6 nitrogen and oxygen atoms in total. The summed E-state index contributed by atoms with van der Waals surface area (Å²) in [6.07, 6.45) is 1.74. The Morgan fingerprint density at radius 3 is 2.48 bits per heavy atom. The molecule has 4 aromatic rings. The molecule has 0 spiro atoms. The topological polar surface area (TPSA) is 64.7 Å². The van der Waals surface area contributed by atoms with Gasteiger partial charge in [0.15, 0.2) is 5.82 Å². The number of nitrogens with zero attached hydrogens (tertiary/aromatic N) is 4. The molecule has 158 valence electrons. The lowest BCUT2D eigenvalue weighted by Gasteiger charge is -2.07. The van der Waals surface area contributed by atoms with E-state index < -0.39 is 0 Å². The minimum atomic E-state index is -0.289. The fraction of sp³-hybridized carbons (Fsp3) is 0.174. The zero-order valence-electron chi connectivity index (χ0n) is 17.1. The number of halogens is 2. The lowest BCUT2D eigenvalue weighted by atomic mass is 10.1. The first-order valence-corrected chi connectivity index (χ1v) is 10.1. The van der Waals surface area contributed by atoms with Crippen LogP contribution in [0.15, 0.2) is 60.8 Å². The number of aryl methyl sites for hydroxylation is 1. The molecule has 0 atom stereocenters. The van der Waals surface area contributed by atoms with Gasteiger partial charge in [0, 0.05) is 17.8 Å². The molecule has 8 heteroatoms. The van der Waals surface area contributed by atoms with Gasteiger partial charge in [-0.2, -0.15) is 10.2 Å². The van der Waals surface area contributed by atoms with Crippen molar-refractivity contribution in [1.82, 2.24) is 19.6 Å². The Morgan fingerprint density at radius 1 is 1.03 bits per heavy atom. The standard InChI is InChI=1S/C23H21ClFN5O/c1-15-22(24)16(2)30(27-15)14-17-6-8-19(9-7-17)23(31)26-21-10-11-29(28-21)13-18-4-3-5-20(25)12-18/h3-12H,13-14H2,1-2H3,(H,26,28,31). The van der Waals surface area contributed by atoms with E-state index in [9.17, 15) is 9.18 Å². The van der Waals surface area contributed by atoms with Gasteiger partial charge >= 0.3 is 0 Å². The molecule has 0 aliphatic rings. The summed E-state index contributed by atoms with van der Waals surface area (Å²) in [6.45, 7) is 4.79. The van der Waals surface area contributed by atoms with Crippen molar-refractivity contribution in [3.05, 3.63) is 99.7 Å². The third-order valence-electron chi connectivity index (χ3n) is 4.96. The van der Waals surface area contributed by atoms with Crippen LogP contribution in [0.1, 0.15) is 32.9 Å². The normalized spacial score (nSPS) is 11.0. The average Bonchev–Trinajstić information content (AvgIpc) is 3.28. The van der Waals surface area contributed by atoms with Crippen molar-refractivity contribution >= 4 is 23.3 Å². The van der Waals surface area contributed by atoms with Crippen molar-refractivity contribution in [2.75, 3.05) is 5.32 Å². The minimum absolute atomic E-state index is 0.253. The predicted octanol–water partition coefficient (Wildman–Crippen LogP) is 4.84. The summed E-state index contributed by atoms with van der Waals surface area (Å²) >= 11 is 6.20. The van der Waals surface area contributed by atoms with E-state index in [1.165, 1.54) is 12.1 Å². The van der Waals surface area contributed by atoms with Crippen molar-refractivity contribution < 1.29 is 9.18 Å². The Kier molecular flexibility index (Phi) is 5.86. The van der Waals surface area contributed by atoms with Crippen LogP contribution in [0.5, 0.6) is 0 Å². The number of hydrogen-bond acceptors (Lipinski definition) is 3. The molecule has 2 heterocycles. The summed E-state index contributed by atoms with van der Waals surface area (Å²) in [4.78, 5) is 12.6. The number of rotatable bonds is 6. The smallest absolute Gasteiger partial charge is 0.256 e. The predicted molar refractivity (Wildman–Crippen MR) is 118 cm³/mol. The number of anilines is 1. The lowest BCUT2D eigenvalue weighted by Crippen LogP contribution is -2.13. The van der Waals surface area contributed by atoms with Crippen LogP contribution >= 0.6 is 11.6 Å². The number of carbonyl (C=O) groups excluding carboxylic acids is 1. The van der Waals surface area contributed by atoms with Gasteiger partial charge in [0.05, 0.1) is 29.5 Å². The number of benzene rings is 2. The maximum atomic E-state index is 13.3. The molecular weight excluding hydrogens is 417 g/mol. The molecule has 4 rings (SSSR count). The summed E-state index contributed by atoms with van der Waals surface area (Å²) in [5, 5.41) is 12.2. The van der Waals surface area contributed by atoms with Crippen LogP contribution in [0.2, 0.25) is 5.02 Å². The van der Waals surface area contributed by atoms with Crippen LogP contribution in [0.3, 0.4) is 0 Å². The van der Waals surface area contributed by atoms with E-state index in [1.54, 1.807) is 35.1 Å². The highest BCUT2D eigenvalue weighted by Gasteiger charge is 2.11. The fourth-order valence-corrected chi connectivity index (χ4v) is 3.43. The highest BCUT2D eigenvalue weighted by Crippen LogP contribution is 2.20. The zero-order chi connectivity index (χ0) is 22.0. The Bertz CT molecular complexity index is 1230. The summed E-state index contributed by atoms with van der Waals surface area (Å²) < 4.78 is 16.8. The van der Waals surface area contributed by atoms with Crippen LogP contribution in [0.25, 0.3) is 0 Å². The van der Waals surface area contributed by atoms with Gasteiger partial charge in [-0.15, -0.1) is 0 Å². The van der Waals surface area contributed by atoms with Gasteiger partial charge in [0.25, 0.3) is 5.91 Å². The first kappa shape index (κ1) is 20.8. The van der Waals surface area contributed by atoms with E-state index in [1.807, 2.05) is 36.7 Å². The second-order valence-corrected chi connectivity index (χ2v) is 7.70. The van der Waals surface area contributed by atoms with E-state index in [-0.39, 0.29) is 11.7 Å². The molecule has 0 aliphatic carbocycles. The van der Waals surface area contributed by atoms with E-state index in [2.05, 4.69) is 15.5 Å². The van der Waals surface area contributed by atoms with Gasteiger partial charge in [0.2, 0.25) is 0 Å². The molecule has 0 bridgehead atoms. The first-order valence-electron chi connectivity index (χ1n) is 9.77. The molecule has 0 fully saturated rings. The third-order valence-corrected chi connectivity index (χ3v) is 5.50. The second kappa shape index (κ2) is 8.73. The first-order chi connectivity index (χ1) is 14.9.